The van der Waals surface area contributed by atoms with Crippen LogP contribution in [0.5, 0.6) is 0 Å². The second-order valence-corrected chi connectivity index (χ2v) is 5.98. The van der Waals surface area contributed by atoms with Gasteiger partial charge in [-0.1, -0.05) is 58.4 Å². The molecule has 1 atom stereocenters. The van der Waals surface area contributed by atoms with Crippen LogP contribution in [-0.2, 0) is 6.42 Å². The maximum Gasteiger partial charge on any atom is 0.0465 e. The lowest BCUT2D eigenvalue weighted by Gasteiger charge is -2.26. The van der Waals surface area contributed by atoms with E-state index in [0.29, 0.717) is 0 Å². The van der Waals surface area contributed by atoms with Crippen molar-refractivity contribution in [3.63, 3.8) is 0 Å². The molecule has 1 aromatic carbocycles. The largest absolute Gasteiger partial charge is 0.271 e. The van der Waals surface area contributed by atoms with Crippen molar-refractivity contribution >= 4 is 0 Å². The fourth-order valence-corrected chi connectivity index (χ4v) is 2.14. The summed E-state index contributed by atoms with van der Waals surface area (Å²) in [7, 11) is 0. The van der Waals surface area contributed by atoms with Crippen molar-refractivity contribution < 1.29 is 0 Å². The van der Waals surface area contributed by atoms with Crippen molar-refractivity contribution in [2.24, 2.45) is 11.3 Å². The van der Waals surface area contributed by atoms with Gasteiger partial charge >= 0.3 is 0 Å². The van der Waals surface area contributed by atoms with Crippen LogP contribution >= 0.6 is 0 Å². The Hall–Kier alpha value is -0.860. The van der Waals surface area contributed by atoms with Gasteiger partial charge in [0.25, 0.3) is 0 Å². The summed E-state index contributed by atoms with van der Waals surface area (Å²) in [5.41, 5.74) is 5.92. The molecule has 17 heavy (non-hydrogen) atoms. The highest BCUT2D eigenvalue weighted by Crippen LogP contribution is 2.29. The highest BCUT2D eigenvalue weighted by Gasteiger charge is 2.19. The highest BCUT2D eigenvalue weighted by molar-refractivity contribution is 5.26. The molecule has 1 rings (SSSR count). The third kappa shape index (κ3) is 4.88. The molecule has 0 fully saturated rings. The van der Waals surface area contributed by atoms with Gasteiger partial charge in [0.15, 0.2) is 0 Å². The van der Waals surface area contributed by atoms with Gasteiger partial charge < -0.3 is 0 Å². The topological polar surface area (TPSA) is 38.0 Å². The molecule has 0 aliphatic heterocycles. The lowest BCUT2D eigenvalue weighted by atomic mass is 9.85. The van der Waals surface area contributed by atoms with E-state index < -0.39 is 0 Å². The lowest BCUT2D eigenvalue weighted by molar-refractivity contribution is 0.313. The predicted molar refractivity (Wildman–Crippen MR) is 74.6 cm³/mol. The summed E-state index contributed by atoms with van der Waals surface area (Å²) in [5.74, 6) is 5.69. The summed E-state index contributed by atoms with van der Waals surface area (Å²) in [6.45, 7) is 8.94. The molecule has 0 aromatic heterocycles. The van der Waals surface area contributed by atoms with Gasteiger partial charge in [0.2, 0.25) is 0 Å². The number of benzene rings is 1. The Kier molecular flexibility index (Phi) is 5.16. The molecule has 2 heteroatoms. The first-order chi connectivity index (χ1) is 7.96. The number of hydrazine groups is 1. The van der Waals surface area contributed by atoms with E-state index >= 15 is 0 Å². The zero-order valence-electron chi connectivity index (χ0n) is 11.6. The molecule has 0 aliphatic carbocycles. The van der Waals surface area contributed by atoms with Crippen LogP contribution in [0.3, 0.4) is 0 Å². The second-order valence-electron chi connectivity index (χ2n) is 5.98. The molecule has 0 saturated heterocycles. The molecule has 0 bridgehead atoms. The molecule has 0 amide bonds. The predicted octanol–water partition coefficient (Wildman–Crippen LogP) is 3.58. The summed E-state index contributed by atoms with van der Waals surface area (Å²) in [6, 6.07) is 9.01. The average Bonchev–Trinajstić information content (AvgIpc) is 2.25. The second kappa shape index (κ2) is 6.18. The molecule has 2 nitrogen and oxygen atoms in total. The van der Waals surface area contributed by atoms with Crippen molar-refractivity contribution in [1.82, 2.24) is 5.43 Å². The molecule has 0 spiro atoms. The SMILES string of the molecule is CCCc1cccc(C(CC(C)(C)C)NN)c1. The van der Waals surface area contributed by atoms with Gasteiger partial charge in [-0.15, -0.1) is 0 Å². The zero-order valence-corrected chi connectivity index (χ0v) is 11.6. The van der Waals surface area contributed by atoms with Crippen molar-refractivity contribution in [3.8, 4) is 0 Å². The maximum absolute atomic E-state index is 5.69. The molecule has 0 radical (unpaired) electrons. The van der Waals surface area contributed by atoms with Crippen molar-refractivity contribution in [2.75, 3.05) is 0 Å². The van der Waals surface area contributed by atoms with Crippen LogP contribution in [0, 0.1) is 5.41 Å². The van der Waals surface area contributed by atoms with Crippen LogP contribution < -0.4 is 11.3 Å². The van der Waals surface area contributed by atoms with Crippen LogP contribution in [0.15, 0.2) is 24.3 Å². The van der Waals surface area contributed by atoms with Gasteiger partial charge in [0.1, 0.15) is 0 Å². The third-order valence-corrected chi connectivity index (χ3v) is 2.91. The van der Waals surface area contributed by atoms with Crippen LogP contribution in [0.4, 0.5) is 0 Å². The normalized spacial score (nSPS) is 13.7. The molecule has 1 unspecified atom stereocenters. The fourth-order valence-electron chi connectivity index (χ4n) is 2.14. The van der Waals surface area contributed by atoms with Gasteiger partial charge in [0, 0.05) is 6.04 Å². The van der Waals surface area contributed by atoms with Crippen molar-refractivity contribution in [2.45, 2.75) is 53.0 Å². The monoisotopic (exact) mass is 234 g/mol. The smallest absolute Gasteiger partial charge is 0.0465 e. The van der Waals surface area contributed by atoms with E-state index in [2.05, 4.69) is 57.4 Å². The fraction of sp³-hybridized carbons (Fsp3) is 0.600. The average molecular weight is 234 g/mol. The number of rotatable bonds is 5. The van der Waals surface area contributed by atoms with E-state index in [-0.39, 0.29) is 11.5 Å². The molecule has 0 aliphatic rings. The molecule has 0 heterocycles. The summed E-state index contributed by atoms with van der Waals surface area (Å²) >= 11 is 0. The van der Waals surface area contributed by atoms with Gasteiger partial charge in [-0.3, -0.25) is 11.3 Å². The Morgan fingerprint density at radius 2 is 2.00 bits per heavy atom. The summed E-state index contributed by atoms with van der Waals surface area (Å²) in [5, 5.41) is 0. The minimum absolute atomic E-state index is 0.242. The molecule has 96 valence electrons. The number of nitrogens with two attached hydrogens (primary N) is 1. The number of nitrogens with one attached hydrogen (secondary N) is 1. The van der Waals surface area contributed by atoms with E-state index in [9.17, 15) is 0 Å². The van der Waals surface area contributed by atoms with Gasteiger partial charge in [-0.05, 0) is 29.4 Å². The van der Waals surface area contributed by atoms with Crippen molar-refractivity contribution in [1.29, 1.82) is 0 Å². The van der Waals surface area contributed by atoms with Gasteiger partial charge in [-0.25, -0.2) is 0 Å². The van der Waals surface area contributed by atoms with E-state index in [1.54, 1.807) is 0 Å². The quantitative estimate of drug-likeness (QED) is 0.603. The first-order valence-corrected chi connectivity index (χ1v) is 6.51. The Bertz CT molecular complexity index is 339. The molecule has 1 aromatic rings. The first kappa shape index (κ1) is 14.2. The lowest BCUT2D eigenvalue weighted by Crippen LogP contribution is -2.31. The summed E-state index contributed by atoms with van der Waals surface area (Å²) in [6.07, 6.45) is 3.36. The van der Waals surface area contributed by atoms with E-state index in [4.69, 9.17) is 5.84 Å². The van der Waals surface area contributed by atoms with Crippen LogP contribution in [0.25, 0.3) is 0 Å². The van der Waals surface area contributed by atoms with E-state index in [0.717, 1.165) is 12.8 Å². The van der Waals surface area contributed by atoms with Gasteiger partial charge in [0.05, 0.1) is 0 Å². The van der Waals surface area contributed by atoms with Crippen LogP contribution in [0.2, 0.25) is 0 Å². The summed E-state index contributed by atoms with van der Waals surface area (Å²) in [4.78, 5) is 0. The Labute approximate surface area is 106 Å². The standard InChI is InChI=1S/C15H26N2/c1-5-7-12-8-6-9-13(10-12)14(17-16)11-15(2,3)4/h6,8-10,14,17H,5,7,11,16H2,1-4H3. The Morgan fingerprint density at radius 1 is 1.29 bits per heavy atom. The van der Waals surface area contributed by atoms with Crippen LogP contribution in [-0.4, -0.2) is 0 Å². The third-order valence-electron chi connectivity index (χ3n) is 2.91. The van der Waals surface area contributed by atoms with E-state index in [1.807, 2.05) is 0 Å². The minimum atomic E-state index is 0.242. The number of hydrogen-bond donors (Lipinski definition) is 2. The summed E-state index contributed by atoms with van der Waals surface area (Å²) < 4.78 is 0. The Balaban J connectivity index is 2.84. The molecule has 0 saturated carbocycles. The molecular formula is C15H26N2. The zero-order chi connectivity index (χ0) is 12.9. The van der Waals surface area contributed by atoms with Crippen molar-refractivity contribution in [3.05, 3.63) is 35.4 Å². The van der Waals surface area contributed by atoms with Gasteiger partial charge in [-0.2, -0.15) is 0 Å². The first-order valence-electron chi connectivity index (χ1n) is 6.51. The number of aryl methyl sites for hydroxylation is 1. The number of hydrogen-bond acceptors (Lipinski definition) is 2. The van der Waals surface area contributed by atoms with E-state index in [1.165, 1.54) is 17.5 Å². The van der Waals surface area contributed by atoms with Crippen LogP contribution in [0.1, 0.15) is 57.7 Å². The molecular weight excluding hydrogens is 208 g/mol. The Morgan fingerprint density at radius 3 is 2.53 bits per heavy atom. The maximum atomic E-state index is 5.69. The minimum Gasteiger partial charge on any atom is -0.271 e. The molecule has 3 N–H and O–H groups in total. The highest BCUT2D eigenvalue weighted by atomic mass is 15.2.